The number of nitrogens with one attached hydrogen (secondary N) is 1. The standard InChI is InChI=1S/C12H18N2O2/c1-8-4-5-10(11(6-8)16-3)7-14-12(15)9(2)13/h4-6,9H,7,13H2,1-3H3,(H,14,15)/t9-/m1/s1. The van der Waals surface area contributed by atoms with Gasteiger partial charge >= 0.3 is 0 Å². The van der Waals surface area contributed by atoms with Crippen molar-refractivity contribution in [1.82, 2.24) is 5.32 Å². The Morgan fingerprint density at radius 2 is 2.25 bits per heavy atom. The van der Waals surface area contributed by atoms with E-state index in [-0.39, 0.29) is 5.91 Å². The average molecular weight is 222 g/mol. The van der Waals surface area contributed by atoms with Gasteiger partial charge < -0.3 is 15.8 Å². The van der Waals surface area contributed by atoms with E-state index in [1.807, 2.05) is 25.1 Å². The van der Waals surface area contributed by atoms with Crippen LogP contribution >= 0.6 is 0 Å². The Kier molecular flexibility index (Phi) is 4.31. The highest BCUT2D eigenvalue weighted by molar-refractivity contribution is 5.80. The molecule has 1 rings (SSSR count). The van der Waals surface area contributed by atoms with Gasteiger partial charge in [-0.2, -0.15) is 0 Å². The summed E-state index contributed by atoms with van der Waals surface area (Å²) < 4.78 is 5.24. The fraction of sp³-hybridized carbons (Fsp3) is 0.417. The normalized spacial score (nSPS) is 12.0. The molecule has 0 aliphatic rings. The van der Waals surface area contributed by atoms with E-state index in [4.69, 9.17) is 10.5 Å². The van der Waals surface area contributed by atoms with Crippen molar-refractivity contribution < 1.29 is 9.53 Å². The summed E-state index contributed by atoms with van der Waals surface area (Å²) in [6, 6.07) is 5.37. The predicted molar refractivity (Wildman–Crippen MR) is 63.2 cm³/mol. The van der Waals surface area contributed by atoms with E-state index in [1.54, 1.807) is 14.0 Å². The summed E-state index contributed by atoms with van der Waals surface area (Å²) in [6.07, 6.45) is 0. The molecule has 1 amide bonds. The van der Waals surface area contributed by atoms with Crippen LogP contribution in [0.2, 0.25) is 0 Å². The van der Waals surface area contributed by atoms with E-state index >= 15 is 0 Å². The number of rotatable bonds is 4. The zero-order chi connectivity index (χ0) is 12.1. The Hall–Kier alpha value is -1.55. The molecule has 0 heterocycles. The Balaban J connectivity index is 2.70. The highest BCUT2D eigenvalue weighted by Crippen LogP contribution is 2.19. The van der Waals surface area contributed by atoms with Crippen molar-refractivity contribution in [2.45, 2.75) is 26.4 Å². The summed E-state index contributed by atoms with van der Waals surface area (Å²) in [4.78, 5) is 11.3. The third kappa shape index (κ3) is 3.24. The molecule has 0 bridgehead atoms. The highest BCUT2D eigenvalue weighted by atomic mass is 16.5. The Labute approximate surface area is 95.8 Å². The molecule has 0 unspecified atom stereocenters. The minimum atomic E-state index is -0.489. The molecule has 4 nitrogen and oxygen atoms in total. The van der Waals surface area contributed by atoms with Gasteiger partial charge in [-0.1, -0.05) is 12.1 Å². The van der Waals surface area contributed by atoms with Gasteiger partial charge in [-0.3, -0.25) is 4.79 Å². The minimum absolute atomic E-state index is 0.164. The summed E-state index contributed by atoms with van der Waals surface area (Å²) in [5, 5.41) is 2.75. The van der Waals surface area contributed by atoms with Crippen LogP contribution < -0.4 is 15.8 Å². The molecule has 1 aromatic carbocycles. The maximum absolute atomic E-state index is 11.3. The largest absolute Gasteiger partial charge is 0.496 e. The van der Waals surface area contributed by atoms with E-state index in [0.29, 0.717) is 6.54 Å². The fourth-order valence-corrected chi connectivity index (χ4v) is 1.34. The second-order valence-corrected chi connectivity index (χ2v) is 3.82. The lowest BCUT2D eigenvalue weighted by molar-refractivity contribution is -0.122. The van der Waals surface area contributed by atoms with Crippen LogP contribution in [0.25, 0.3) is 0 Å². The van der Waals surface area contributed by atoms with Gasteiger partial charge in [0.25, 0.3) is 0 Å². The van der Waals surface area contributed by atoms with Crippen molar-refractivity contribution in [2.75, 3.05) is 7.11 Å². The number of carbonyl (C=O) groups is 1. The molecular weight excluding hydrogens is 204 g/mol. The van der Waals surface area contributed by atoms with Crippen molar-refractivity contribution in [1.29, 1.82) is 0 Å². The highest BCUT2D eigenvalue weighted by Gasteiger charge is 2.08. The monoisotopic (exact) mass is 222 g/mol. The van der Waals surface area contributed by atoms with Crippen LogP contribution in [0.15, 0.2) is 18.2 Å². The van der Waals surface area contributed by atoms with Crippen LogP contribution in [0.5, 0.6) is 5.75 Å². The number of ether oxygens (including phenoxy) is 1. The van der Waals surface area contributed by atoms with Crippen LogP contribution in [-0.2, 0) is 11.3 Å². The molecule has 0 spiro atoms. The second-order valence-electron chi connectivity index (χ2n) is 3.82. The summed E-state index contributed by atoms with van der Waals surface area (Å²) in [7, 11) is 1.62. The number of benzene rings is 1. The maximum Gasteiger partial charge on any atom is 0.236 e. The first-order valence-corrected chi connectivity index (χ1v) is 5.21. The number of aryl methyl sites for hydroxylation is 1. The van der Waals surface area contributed by atoms with E-state index in [9.17, 15) is 4.79 Å². The lowest BCUT2D eigenvalue weighted by Crippen LogP contribution is -2.37. The van der Waals surface area contributed by atoms with E-state index < -0.39 is 6.04 Å². The van der Waals surface area contributed by atoms with Crippen molar-refractivity contribution in [2.24, 2.45) is 5.73 Å². The lowest BCUT2D eigenvalue weighted by Gasteiger charge is -2.11. The molecule has 88 valence electrons. The molecule has 1 aromatic rings. The van der Waals surface area contributed by atoms with Crippen LogP contribution in [0.1, 0.15) is 18.1 Å². The molecule has 0 radical (unpaired) electrons. The molecule has 0 aliphatic heterocycles. The van der Waals surface area contributed by atoms with Crippen LogP contribution in [0, 0.1) is 6.92 Å². The van der Waals surface area contributed by atoms with Gasteiger partial charge in [-0.15, -0.1) is 0 Å². The molecule has 0 saturated carbocycles. The third-order valence-corrected chi connectivity index (χ3v) is 2.31. The van der Waals surface area contributed by atoms with Gasteiger partial charge in [0, 0.05) is 12.1 Å². The van der Waals surface area contributed by atoms with Gasteiger partial charge in [0.2, 0.25) is 5.91 Å². The number of amides is 1. The number of carbonyl (C=O) groups excluding carboxylic acids is 1. The zero-order valence-electron chi connectivity index (χ0n) is 9.91. The number of nitrogens with two attached hydrogens (primary N) is 1. The molecule has 0 aromatic heterocycles. The quantitative estimate of drug-likeness (QED) is 0.797. The first-order valence-electron chi connectivity index (χ1n) is 5.21. The smallest absolute Gasteiger partial charge is 0.236 e. The summed E-state index contributed by atoms with van der Waals surface area (Å²) in [6.45, 7) is 4.08. The lowest BCUT2D eigenvalue weighted by atomic mass is 10.1. The summed E-state index contributed by atoms with van der Waals surface area (Å²) >= 11 is 0. The summed E-state index contributed by atoms with van der Waals surface area (Å²) in [5.74, 6) is 0.618. The van der Waals surface area contributed by atoms with Crippen LogP contribution in [-0.4, -0.2) is 19.1 Å². The molecule has 4 heteroatoms. The van der Waals surface area contributed by atoms with Gasteiger partial charge in [0.05, 0.1) is 13.2 Å². The van der Waals surface area contributed by atoms with Gasteiger partial charge in [0.1, 0.15) is 5.75 Å². The molecule has 1 atom stereocenters. The topological polar surface area (TPSA) is 64.3 Å². The maximum atomic E-state index is 11.3. The zero-order valence-corrected chi connectivity index (χ0v) is 9.91. The van der Waals surface area contributed by atoms with Crippen molar-refractivity contribution >= 4 is 5.91 Å². The second kappa shape index (κ2) is 5.51. The molecular formula is C12H18N2O2. The summed E-state index contributed by atoms with van der Waals surface area (Å²) in [5.41, 5.74) is 7.52. The third-order valence-electron chi connectivity index (χ3n) is 2.31. The number of hydrogen-bond donors (Lipinski definition) is 2. The van der Waals surface area contributed by atoms with E-state index in [1.165, 1.54) is 0 Å². The first kappa shape index (κ1) is 12.5. The van der Waals surface area contributed by atoms with Crippen molar-refractivity contribution in [3.63, 3.8) is 0 Å². The van der Waals surface area contributed by atoms with E-state index in [0.717, 1.165) is 16.9 Å². The number of hydrogen-bond acceptors (Lipinski definition) is 3. The van der Waals surface area contributed by atoms with Crippen LogP contribution in [0.4, 0.5) is 0 Å². The van der Waals surface area contributed by atoms with Gasteiger partial charge in [0.15, 0.2) is 0 Å². The number of methoxy groups -OCH3 is 1. The molecule has 16 heavy (non-hydrogen) atoms. The Morgan fingerprint density at radius 1 is 1.56 bits per heavy atom. The average Bonchev–Trinajstić information content (AvgIpc) is 2.26. The minimum Gasteiger partial charge on any atom is -0.496 e. The van der Waals surface area contributed by atoms with Crippen molar-refractivity contribution in [3.05, 3.63) is 29.3 Å². The molecule has 0 saturated heterocycles. The van der Waals surface area contributed by atoms with Crippen molar-refractivity contribution in [3.8, 4) is 5.75 Å². The van der Waals surface area contributed by atoms with Gasteiger partial charge in [-0.25, -0.2) is 0 Å². The SMILES string of the molecule is COc1cc(C)ccc1CNC(=O)[C@@H](C)N. The molecule has 3 N–H and O–H groups in total. The first-order chi connectivity index (χ1) is 7.54. The van der Waals surface area contributed by atoms with Crippen LogP contribution in [0.3, 0.4) is 0 Å². The van der Waals surface area contributed by atoms with Gasteiger partial charge in [-0.05, 0) is 25.5 Å². The fourth-order valence-electron chi connectivity index (χ4n) is 1.34. The molecule has 0 fully saturated rings. The Bertz CT molecular complexity index is 375. The predicted octanol–water partition coefficient (Wildman–Crippen LogP) is 0.967. The Morgan fingerprint density at radius 3 is 2.81 bits per heavy atom. The molecule has 0 aliphatic carbocycles. The van der Waals surface area contributed by atoms with E-state index in [2.05, 4.69) is 5.32 Å².